The summed E-state index contributed by atoms with van der Waals surface area (Å²) < 4.78 is 0.997. The smallest absolute Gasteiger partial charge is 0.140 e. The van der Waals surface area contributed by atoms with Crippen molar-refractivity contribution in [3.05, 3.63) is 113 Å². The fourth-order valence-electron chi connectivity index (χ4n) is 5.46. The van der Waals surface area contributed by atoms with Crippen LogP contribution in [0.15, 0.2) is 107 Å². The molecular weight excluding hydrogens is 556 g/mol. The first-order chi connectivity index (χ1) is 19.6. The van der Waals surface area contributed by atoms with Crippen LogP contribution in [-0.4, -0.2) is 21.2 Å². The Morgan fingerprint density at radius 1 is 0.900 bits per heavy atom. The Balaban J connectivity index is 1.39. The van der Waals surface area contributed by atoms with Gasteiger partial charge in [0.25, 0.3) is 0 Å². The first kappa shape index (κ1) is 24.1. The summed E-state index contributed by atoms with van der Waals surface area (Å²) in [6.07, 6.45) is 11.3. The number of rotatable bonds is 4. The predicted molar refractivity (Wildman–Crippen MR) is 172 cm³/mol. The highest BCUT2D eigenvalue weighted by molar-refractivity contribution is 9.10. The van der Waals surface area contributed by atoms with Crippen molar-refractivity contribution < 1.29 is 0 Å². The Kier molecular flexibility index (Phi) is 5.84. The summed E-state index contributed by atoms with van der Waals surface area (Å²) in [6.45, 7) is 2.07. The molecule has 0 fully saturated rings. The molecule has 7 rings (SSSR count). The molecule has 0 saturated carbocycles. The standard InChI is InChI=1S/C35H23BrN4/c1-3-8-22(29-17-23(36)14-13-21(29)2)19-37-24-15-16-28-30(18-24)25-9-4-5-11-27(25)33-34(28)40-35(39-33)31-20-38-32-12-7-6-10-26(31)32/h1,4-20,38H,2H3,(H,39,40)/b22-8-,37-19?. The van der Waals surface area contributed by atoms with E-state index in [1.54, 1.807) is 6.08 Å². The van der Waals surface area contributed by atoms with E-state index in [1.165, 1.54) is 0 Å². The number of terminal acetylenes is 1. The molecule has 0 radical (unpaired) electrons. The van der Waals surface area contributed by atoms with E-state index in [2.05, 4.69) is 105 Å². The van der Waals surface area contributed by atoms with Gasteiger partial charge in [0.15, 0.2) is 0 Å². The number of aromatic amines is 2. The predicted octanol–water partition coefficient (Wildman–Crippen LogP) is 9.51. The van der Waals surface area contributed by atoms with Crippen LogP contribution in [0.1, 0.15) is 11.1 Å². The summed E-state index contributed by atoms with van der Waals surface area (Å²) in [4.78, 5) is 17.0. The zero-order chi connectivity index (χ0) is 27.2. The minimum Gasteiger partial charge on any atom is -0.360 e. The number of aromatic nitrogens is 3. The number of H-pyrrole nitrogens is 2. The van der Waals surface area contributed by atoms with Crippen LogP contribution >= 0.6 is 15.9 Å². The van der Waals surface area contributed by atoms with Crippen molar-refractivity contribution in [2.75, 3.05) is 0 Å². The second-order valence-electron chi connectivity index (χ2n) is 9.82. The maximum atomic E-state index is 5.67. The lowest BCUT2D eigenvalue weighted by molar-refractivity contribution is 1.34. The fourth-order valence-corrected chi connectivity index (χ4v) is 5.82. The van der Waals surface area contributed by atoms with Crippen molar-refractivity contribution in [2.45, 2.75) is 6.92 Å². The molecule has 5 aromatic carbocycles. The normalized spacial score (nSPS) is 12.3. The van der Waals surface area contributed by atoms with Gasteiger partial charge in [0.2, 0.25) is 0 Å². The van der Waals surface area contributed by atoms with E-state index < -0.39 is 0 Å². The lowest BCUT2D eigenvalue weighted by Crippen LogP contribution is -1.90. The number of para-hydroxylation sites is 1. The molecule has 0 bridgehead atoms. The molecular formula is C35H23BrN4. The molecule has 2 heterocycles. The molecule has 2 aromatic heterocycles. The second kappa shape index (κ2) is 9.68. The van der Waals surface area contributed by atoms with Gasteiger partial charge in [0, 0.05) is 49.7 Å². The van der Waals surface area contributed by atoms with E-state index in [-0.39, 0.29) is 0 Å². The number of nitrogens with one attached hydrogen (secondary N) is 2. The highest BCUT2D eigenvalue weighted by atomic mass is 79.9. The number of aryl methyl sites for hydroxylation is 1. The van der Waals surface area contributed by atoms with Crippen molar-refractivity contribution in [3.63, 3.8) is 0 Å². The zero-order valence-electron chi connectivity index (χ0n) is 21.7. The lowest BCUT2D eigenvalue weighted by Gasteiger charge is -2.08. The lowest BCUT2D eigenvalue weighted by atomic mass is 9.99. The van der Waals surface area contributed by atoms with E-state index in [0.717, 1.165) is 81.7 Å². The number of aliphatic imine (C=N–C) groups is 1. The highest BCUT2D eigenvalue weighted by Gasteiger charge is 2.16. The van der Waals surface area contributed by atoms with Crippen molar-refractivity contribution in [1.82, 2.24) is 15.0 Å². The van der Waals surface area contributed by atoms with Crippen molar-refractivity contribution in [2.24, 2.45) is 4.99 Å². The minimum atomic E-state index is 0.848. The van der Waals surface area contributed by atoms with E-state index >= 15 is 0 Å². The fraction of sp³-hybridized carbons (Fsp3) is 0.0286. The van der Waals surface area contributed by atoms with Gasteiger partial charge < -0.3 is 9.97 Å². The Morgan fingerprint density at radius 2 is 1.70 bits per heavy atom. The first-order valence-electron chi connectivity index (χ1n) is 13.0. The number of imidazole rings is 1. The SMILES string of the molecule is C#C/C=C(/C=Nc1ccc2c(c1)c1ccccc1c1nc(-c3c[nH]c4ccccc34)[nH]c21)c1cc(Br)ccc1C. The summed E-state index contributed by atoms with van der Waals surface area (Å²) in [6, 6.07) is 29.2. The van der Waals surface area contributed by atoms with Crippen LogP contribution in [0.4, 0.5) is 5.69 Å². The van der Waals surface area contributed by atoms with E-state index in [9.17, 15) is 0 Å². The third kappa shape index (κ3) is 4.02. The van der Waals surface area contributed by atoms with Crippen molar-refractivity contribution >= 4 is 76.9 Å². The molecule has 2 N–H and O–H groups in total. The quantitative estimate of drug-likeness (QED) is 0.122. The molecule has 0 aliphatic carbocycles. The monoisotopic (exact) mass is 578 g/mol. The maximum Gasteiger partial charge on any atom is 0.140 e. The molecule has 0 aliphatic heterocycles. The van der Waals surface area contributed by atoms with Gasteiger partial charge in [-0.25, -0.2) is 4.98 Å². The van der Waals surface area contributed by atoms with E-state index in [1.807, 2.05) is 30.6 Å². The molecule has 40 heavy (non-hydrogen) atoms. The van der Waals surface area contributed by atoms with Crippen molar-refractivity contribution in [1.29, 1.82) is 0 Å². The molecule has 0 amide bonds. The van der Waals surface area contributed by atoms with Crippen LogP contribution in [0.5, 0.6) is 0 Å². The van der Waals surface area contributed by atoms with Crippen LogP contribution in [0.25, 0.3) is 60.4 Å². The van der Waals surface area contributed by atoms with Crippen LogP contribution in [0.2, 0.25) is 0 Å². The molecule has 0 aliphatic rings. The van der Waals surface area contributed by atoms with Gasteiger partial charge in [-0.15, -0.1) is 6.42 Å². The van der Waals surface area contributed by atoms with E-state index in [4.69, 9.17) is 16.4 Å². The summed E-state index contributed by atoms with van der Waals surface area (Å²) >= 11 is 3.57. The van der Waals surface area contributed by atoms with Gasteiger partial charge in [-0.2, -0.15) is 0 Å². The molecule has 0 saturated heterocycles. The van der Waals surface area contributed by atoms with Gasteiger partial charge in [-0.1, -0.05) is 76.4 Å². The Morgan fingerprint density at radius 3 is 2.55 bits per heavy atom. The summed E-state index contributed by atoms with van der Waals surface area (Å²) in [5.41, 5.74) is 8.04. The third-order valence-electron chi connectivity index (χ3n) is 7.40. The number of nitrogens with zero attached hydrogens (tertiary/aromatic N) is 2. The number of fused-ring (bicyclic) bond motifs is 7. The molecule has 5 heteroatoms. The van der Waals surface area contributed by atoms with Crippen molar-refractivity contribution in [3.8, 4) is 23.7 Å². The molecule has 0 unspecified atom stereocenters. The Hall–Kier alpha value is -4.92. The van der Waals surface area contributed by atoms with Gasteiger partial charge in [-0.3, -0.25) is 4.99 Å². The van der Waals surface area contributed by atoms with Crippen LogP contribution in [-0.2, 0) is 0 Å². The van der Waals surface area contributed by atoms with Gasteiger partial charge >= 0.3 is 0 Å². The van der Waals surface area contributed by atoms with Crippen LogP contribution < -0.4 is 0 Å². The summed E-state index contributed by atoms with van der Waals surface area (Å²) in [7, 11) is 0. The molecule has 4 nitrogen and oxygen atoms in total. The number of halogens is 1. The number of hydrogen-bond acceptors (Lipinski definition) is 2. The summed E-state index contributed by atoms with van der Waals surface area (Å²) in [5, 5.41) is 5.61. The molecule has 190 valence electrons. The first-order valence-corrected chi connectivity index (χ1v) is 13.8. The topological polar surface area (TPSA) is 56.8 Å². The Bertz CT molecular complexity index is 2200. The average Bonchev–Trinajstić information content (AvgIpc) is 3.62. The molecule has 7 aromatic rings. The molecule has 0 spiro atoms. The average molecular weight is 580 g/mol. The van der Waals surface area contributed by atoms with Gasteiger partial charge in [0.05, 0.1) is 16.7 Å². The van der Waals surface area contributed by atoms with Gasteiger partial charge in [0.1, 0.15) is 5.82 Å². The van der Waals surface area contributed by atoms with E-state index in [0.29, 0.717) is 0 Å². The second-order valence-corrected chi connectivity index (χ2v) is 10.7. The maximum absolute atomic E-state index is 5.67. The third-order valence-corrected chi connectivity index (χ3v) is 7.89. The van der Waals surface area contributed by atoms with Gasteiger partial charge in [-0.05, 0) is 65.2 Å². The summed E-state index contributed by atoms with van der Waals surface area (Å²) in [5.74, 6) is 3.51. The van der Waals surface area contributed by atoms with Crippen LogP contribution in [0.3, 0.4) is 0 Å². The largest absolute Gasteiger partial charge is 0.360 e. The number of hydrogen-bond donors (Lipinski definition) is 2. The molecule has 0 atom stereocenters. The number of allylic oxidation sites excluding steroid dienone is 2. The Labute approximate surface area is 239 Å². The number of benzene rings is 5. The minimum absolute atomic E-state index is 0.848. The van der Waals surface area contributed by atoms with Crippen LogP contribution in [0, 0.1) is 19.3 Å². The zero-order valence-corrected chi connectivity index (χ0v) is 23.3. The highest BCUT2D eigenvalue weighted by Crippen LogP contribution is 2.38.